The number of aromatic nitrogens is 1. The molecule has 2 aromatic carbocycles. The van der Waals surface area contributed by atoms with Crippen LogP contribution in [0.25, 0.3) is 10.9 Å². The number of carboxylic acids is 1. The largest absolute Gasteiger partial charge is 0.573 e. The molecular formula is C29H29F3N2O5. The number of hydrogen-bond acceptors (Lipinski definition) is 6. The molecule has 0 aliphatic carbocycles. The third kappa shape index (κ3) is 7.40. The molecule has 1 aromatic heterocycles. The molecule has 4 rings (SSSR count). The second-order valence-electron chi connectivity index (χ2n) is 9.45. The number of methoxy groups -OCH3 is 1. The molecule has 7 nitrogen and oxygen atoms in total. The number of halogens is 3. The first kappa shape index (κ1) is 28.2. The van der Waals surface area contributed by atoms with Crippen LogP contribution in [0.5, 0.6) is 11.5 Å². The fourth-order valence-corrected chi connectivity index (χ4v) is 4.96. The predicted octanol–water partition coefficient (Wildman–Crippen LogP) is 5.03. The SMILES string of the molecule is COc1ccc2nccc(C(O)CC[C@@H]3CCN(CC#Cc4ccccc4OC(F)(F)F)C[C@@H]3C(=O)O)c2c1. The predicted molar refractivity (Wildman–Crippen MR) is 138 cm³/mol. The summed E-state index contributed by atoms with van der Waals surface area (Å²) in [6.07, 6.45) is -2.46. The van der Waals surface area contributed by atoms with Gasteiger partial charge in [-0.05, 0) is 73.7 Å². The zero-order chi connectivity index (χ0) is 28.0. The fourth-order valence-electron chi connectivity index (χ4n) is 4.96. The second-order valence-corrected chi connectivity index (χ2v) is 9.45. The molecule has 3 atom stereocenters. The summed E-state index contributed by atoms with van der Waals surface area (Å²) in [4.78, 5) is 18.3. The lowest BCUT2D eigenvalue weighted by Crippen LogP contribution is -2.44. The van der Waals surface area contributed by atoms with Gasteiger partial charge < -0.3 is 19.7 Å². The highest BCUT2D eigenvalue weighted by Gasteiger charge is 2.34. The fraction of sp³-hybridized carbons (Fsp3) is 0.379. The Kier molecular flexibility index (Phi) is 8.94. The number of carboxylic acid groups (broad SMARTS) is 1. The number of fused-ring (bicyclic) bond motifs is 1. The summed E-state index contributed by atoms with van der Waals surface area (Å²) in [6, 6.07) is 12.9. The molecule has 0 bridgehead atoms. The number of ether oxygens (including phenoxy) is 2. The molecule has 206 valence electrons. The van der Waals surface area contributed by atoms with Crippen molar-refractivity contribution in [2.24, 2.45) is 11.8 Å². The molecule has 2 N–H and O–H groups in total. The Bertz CT molecular complexity index is 1370. The van der Waals surface area contributed by atoms with Crippen LogP contribution in [-0.2, 0) is 4.79 Å². The van der Waals surface area contributed by atoms with Crippen molar-refractivity contribution in [3.8, 4) is 23.3 Å². The molecule has 0 spiro atoms. The van der Waals surface area contributed by atoms with Gasteiger partial charge in [-0.1, -0.05) is 24.0 Å². The molecule has 1 unspecified atom stereocenters. The van der Waals surface area contributed by atoms with Crippen LogP contribution < -0.4 is 9.47 Å². The summed E-state index contributed by atoms with van der Waals surface area (Å²) in [5.74, 6) is 4.13. The van der Waals surface area contributed by atoms with Crippen molar-refractivity contribution < 1.29 is 37.7 Å². The molecule has 0 amide bonds. The van der Waals surface area contributed by atoms with Gasteiger partial charge in [-0.25, -0.2) is 0 Å². The summed E-state index contributed by atoms with van der Waals surface area (Å²) in [7, 11) is 1.57. The number of nitrogens with zero attached hydrogens (tertiary/aromatic N) is 2. The van der Waals surface area contributed by atoms with Crippen molar-refractivity contribution in [3.63, 3.8) is 0 Å². The number of alkyl halides is 3. The first-order valence-corrected chi connectivity index (χ1v) is 12.5. The minimum Gasteiger partial charge on any atom is -0.497 e. The highest BCUT2D eigenvalue weighted by atomic mass is 19.4. The third-order valence-corrected chi connectivity index (χ3v) is 6.95. The Hall–Kier alpha value is -3.81. The van der Waals surface area contributed by atoms with Crippen molar-refractivity contribution in [1.82, 2.24) is 9.88 Å². The van der Waals surface area contributed by atoms with Crippen LogP contribution in [0, 0.1) is 23.7 Å². The number of piperidine rings is 1. The number of para-hydroxylation sites is 1. The van der Waals surface area contributed by atoms with E-state index in [1.807, 2.05) is 17.0 Å². The number of rotatable bonds is 8. The normalized spacial score (nSPS) is 18.7. The van der Waals surface area contributed by atoms with Crippen LogP contribution in [0.15, 0.2) is 54.7 Å². The van der Waals surface area contributed by atoms with E-state index in [4.69, 9.17) is 4.74 Å². The number of benzene rings is 2. The van der Waals surface area contributed by atoms with Crippen LogP contribution in [-0.4, -0.2) is 59.2 Å². The van der Waals surface area contributed by atoms with E-state index in [9.17, 15) is 28.2 Å². The van der Waals surface area contributed by atoms with E-state index in [0.29, 0.717) is 37.1 Å². The van der Waals surface area contributed by atoms with Crippen LogP contribution >= 0.6 is 0 Å². The van der Waals surface area contributed by atoms with Gasteiger partial charge in [0.2, 0.25) is 0 Å². The Morgan fingerprint density at radius 3 is 2.77 bits per heavy atom. The van der Waals surface area contributed by atoms with Gasteiger partial charge >= 0.3 is 12.3 Å². The van der Waals surface area contributed by atoms with Gasteiger partial charge in [-0.2, -0.15) is 0 Å². The summed E-state index contributed by atoms with van der Waals surface area (Å²) in [5.41, 5.74) is 1.56. The highest BCUT2D eigenvalue weighted by molar-refractivity contribution is 5.83. The standard InChI is InChI=1S/C29H29F3N2O5/c1-38-21-9-10-25-23(17-21)22(12-14-33-25)26(35)11-8-19-13-16-34(18-24(19)28(36)37)15-4-6-20-5-2-3-7-27(20)39-29(30,31)32/h2-3,5,7,9-10,12,14,17,19,24,26,35H,8,11,13,15-16,18H2,1H3,(H,36,37)/t19-,24+,26?/m1/s1. The van der Waals surface area contributed by atoms with E-state index in [1.165, 1.54) is 18.2 Å². The van der Waals surface area contributed by atoms with E-state index in [0.717, 1.165) is 10.9 Å². The molecular weight excluding hydrogens is 513 g/mol. The van der Waals surface area contributed by atoms with E-state index >= 15 is 0 Å². The maximum atomic E-state index is 12.6. The van der Waals surface area contributed by atoms with Gasteiger partial charge in [-0.15, -0.1) is 13.2 Å². The average Bonchev–Trinajstić information content (AvgIpc) is 2.91. The Morgan fingerprint density at radius 1 is 1.23 bits per heavy atom. The second kappa shape index (κ2) is 12.4. The van der Waals surface area contributed by atoms with Crippen molar-refractivity contribution in [3.05, 3.63) is 65.9 Å². The molecule has 39 heavy (non-hydrogen) atoms. The lowest BCUT2D eigenvalue weighted by atomic mass is 9.81. The van der Waals surface area contributed by atoms with Gasteiger partial charge in [0, 0.05) is 18.1 Å². The maximum Gasteiger partial charge on any atom is 0.573 e. The van der Waals surface area contributed by atoms with E-state index < -0.39 is 24.4 Å². The van der Waals surface area contributed by atoms with Crippen molar-refractivity contribution in [2.45, 2.75) is 31.7 Å². The lowest BCUT2D eigenvalue weighted by Gasteiger charge is -2.36. The minimum absolute atomic E-state index is 0.106. The van der Waals surface area contributed by atoms with Gasteiger partial charge in [0.25, 0.3) is 0 Å². The van der Waals surface area contributed by atoms with Gasteiger partial charge in [0.05, 0.1) is 36.8 Å². The maximum absolute atomic E-state index is 12.6. The highest BCUT2D eigenvalue weighted by Crippen LogP contribution is 2.34. The first-order chi connectivity index (χ1) is 18.6. The van der Waals surface area contributed by atoms with Crippen molar-refractivity contribution in [1.29, 1.82) is 0 Å². The topological polar surface area (TPSA) is 92.1 Å². The minimum atomic E-state index is -4.82. The molecule has 2 heterocycles. The summed E-state index contributed by atoms with van der Waals surface area (Å²) in [6.45, 7) is 1.07. The number of carbonyl (C=O) groups is 1. The zero-order valence-electron chi connectivity index (χ0n) is 21.3. The van der Waals surface area contributed by atoms with E-state index in [2.05, 4.69) is 21.6 Å². The van der Waals surface area contributed by atoms with Crippen LogP contribution in [0.2, 0.25) is 0 Å². The van der Waals surface area contributed by atoms with E-state index in [1.54, 1.807) is 31.5 Å². The Balaban J connectivity index is 1.38. The lowest BCUT2D eigenvalue weighted by molar-refractivity contribution is -0.274. The Labute approximate surface area is 224 Å². The summed E-state index contributed by atoms with van der Waals surface area (Å²) in [5, 5.41) is 21.7. The zero-order valence-corrected chi connectivity index (χ0v) is 21.3. The number of aliphatic hydroxyl groups excluding tert-OH is 1. The number of pyridine rings is 1. The van der Waals surface area contributed by atoms with Gasteiger partial charge in [0.1, 0.15) is 11.5 Å². The van der Waals surface area contributed by atoms with Crippen LogP contribution in [0.3, 0.4) is 0 Å². The Morgan fingerprint density at radius 2 is 2.03 bits per heavy atom. The quantitative estimate of drug-likeness (QED) is 0.386. The number of aliphatic carboxylic acids is 1. The van der Waals surface area contributed by atoms with Crippen molar-refractivity contribution >= 4 is 16.9 Å². The monoisotopic (exact) mass is 542 g/mol. The molecule has 0 saturated carbocycles. The molecule has 1 saturated heterocycles. The van der Waals surface area contributed by atoms with Crippen LogP contribution in [0.1, 0.15) is 36.5 Å². The van der Waals surface area contributed by atoms with Crippen molar-refractivity contribution in [2.75, 3.05) is 26.7 Å². The number of hydrogen-bond donors (Lipinski definition) is 2. The smallest absolute Gasteiger partial charge is 0.497 e. The molecule has 0 radical (unpaired) electrons. The molecule has 1 aliphatic rings. The van der Waals surface area contributed by atoms with Crippen LogP contribution in [0.4, 0.5) is 13.2 Å². The first-order valence-electron chi connectivity index (χ1n) is 12.5. The molecule has 3 aromatic rings. The average molecular weight is 543 g/mol. The third-order valence-electron chi connectivity index (χ3n) is 6.95. The number of aliphatic hydroxyl groups is 1. The summed E-state index contributed by atoms with van der Waals surface area (Å²) >= 11 is 0. The number of likely N-dealkylation sites (tertiary alicyclic amines) is 1. The van der Waals surface area contributed by atoms with E-state index in [-0.39, 0.29) is 30.3 Å². The molecule has 10 heteroatoms. The molecule has 1 aliphatic heterocycles. The van der Waals surface area contributed by atoms with Gasteiger partial charge in [0.15, 0.2) is 0 Å². The summed E-state index contributed by atoms with van der Waals surface area (Å²) < 4.78 is 47.3. The van der Waals surface area contributed by atoms with Gasteiger partial charge in [-0.3, -0.25) is 14.7 Å². The molecule has 1 fully saturated rings.